The number of hydrogen-bond acceptors (Lipinski definition) is 7. The van der Waals surface area contributed by atoms with Crippen LogP contribution in [0.25, 0.3) is 10.9 Å². The molecule has 0 bridgehead atoms. The number of ether oxygens (including phenoxy) is 1. The Bertz CT molecular complexity index is 1540. The van der Waals surface area contributed by atoms with E-state index in [2.05, 4.69) is 20.9 Å². The van der Waals surface area contributed by atoms with Crippen molar-refractivity contribution in [2.24, 2.45) is 5.92 Å². The molecular weight excluding hydrogens is 574 g/mol. The van der Waals surface area contributed by atoms with E-state index < -0.39 is 47.4 Å². The first-order chi connectivity index (χ1) is 21.3. The number of esters is 1. The molecule has 0 unspecified atom stereocenters. The van der Waals surface area contributed by atoms with Crippen LogP contribution in [0.3, 0.4) is 0 Å². The molecule has 1 aromatic heterocycles. The van der Waals surface area contributed by atoms with Gasteiger partial charge in [-0.2, -0.15) is 0 Å². The molecule has 45 heavy (non-hydrogen) atoms. The Labute approximate surface area is 263 Å². The molecule has 0 fully saturated rings. The highest BCUT2D eigenvalue weighted by atomic mass is 16.6. The Morgan fingerprint density at radius 2 is 1.51 bits per heavy atom. The minimum atomic E-state index is -1.02. The van der Waals surface area contributed by atoms with Crippen molar-refractivity contribution in [2.45, 2.75) is 77.6 Å². The summed E-state index contributed by atoms with van der Waals surface area (Å²) in [6.07, 6.45) is 2.45. The number of carbonyl (C=O) groups is 5. The van der Waals surface area contributed by atoms with Crippen LogP contribution in [0.2, 0.25) is 0 Å². The van der Waals surface area contributed by atoms with Crippen molar-refractivity contribution in [1.82, 2.24) is 25.8 Å². The lowest BCUT2D eigenvalue weighted by Gasteiger charge is -2.30. The fraction of sp³-hybridized carbons (Fsp3) is 0.441. The molecule has 0 radical (unpaired) electrons. The fourth-order valence-electron chi connectivity index (χ4n) is 5.48. The van der Waals surface area contributed by atoms with E-state index in [4.69, 9.17) is 4.74 Å². The smallest absolute Gasteiger partial charge is 0.323 e. The van der Waals surface area contributed by atoms with Crippen LogP contribution in [0.4, 0.5) is 0 Å². The Hall–Kier alpha value is -4.51. The highest BCUT2D eigenvalue weighted by Crippen LogP contribution is 2.24. The number of aromatic nitrogens is 1. The number of H-pyrrole nitrogens is 1. The van der Waals surface area contributed by atoms with Crippen LogP contribution in [-0.2, 0) is 25.5 Å². The molecule has 240 valence electrons. The Kier molecular flexibility index (Phi) is 10.4. The largest absolute Gasteiger partial charge is 0.459 e. The highest BCUT2D eigenvalue weighted by molar-refractivity contribution is 6.21. The number of nitrogens with one attached hydrogen (secondary N) is 4. The number of para-hydroxylation sites is 1. The summed E-state index contributed by atoms with van der Waals surface area (Å²) in [4.78, 5) is 70.5. The second-order valence-corrected chi connectivity index (χ2v) is 12.8. The monoisotopic (exact) mass is 617 g/mol. The van der Waals surface area contributed by atoms with E-state index in [1.807, 2.05) is 44.3 Å². The van der Waals surface area contributed by atoms with Crippen LogP contribution in [0.5, 0.6) is 0 Å². The molecule has 2 heterocycles. The maximum atomic E-state index is 13.8. The van der Waals surface area contributed by atoms with Crippen molar-refractivity contribution in [3.8, 4) is 0 Å². The van der Waals surface area contributed by atoms with Gasteiger partial charge in [-0.1, -0.05) is 44.2 Å². The molecular formula is C34H43N5O6. The SMILES string of the molecule is CNC(=O)[C@H](Cc1c[nH]c2ccccc12)NC(=O)[C@H](CC(C)C)N[C@H](CCN1C(=O)c2ccccc2C1=O)C(=O)OC(C)(C)C. The normalized spacial score (nSPS) is 15.1. The van der Waals surface area contributed by atoms with Crippen molar-refractivity contribution in [1.29, 1.82) is 0 Å². The van der Waals surface area contributed by atoms with Crippen molar-refractivity contribution in [3.05, 3.63) is 71.4 Å². The zero-order chi connectivity index (χ0) is 32.9. The number of aromatic amines is 1. The summed E-state index contributed by atoms with van der Waals surface area (Å²) in [5, 5.41) is 9.64. The van der Waals surface area contributed by atoms with E-state index in [1.165, 1.54) is 7.05 Å². The van der Waals surface area contributed by atoms with Gasteiger partial charge in [0.1, 0.15) is 17.7 Å². The maximum Gasteiger partial charge on any atom is 0.323 e. The number of amides is 4. The number of imide groups is 1. The highest BCUT2D eigenvalue weighted by Gasteiger charge is 2.37. The molecule has 11 heteroatoms. The average molecular weight is 618 g/mol. The quantitative estimate of drug-likeness (QED) is 0.170. The predicted octanol–water partition coefficient (Wildman–Crippen LogP) is 3.34. The van der Waals surface area contributed by atoms with E-state index in [0.717, 1.165) is 21.4 Å². The molecule has 0 aliphatic carbocycles. The molecule has 4 N–H and O–H groups in total. The molecule has 0 saturated heterocycles. The third-order valence-electron chi connectivity index (χ3n) is 7.62. The standard InChI is InChI=1S/C34H43N5O6/c1-20(2)17-27(30(41)38-28(29(40)35-6)18-21-19-36-25-14-10-9-11-22(21)25)37-26(33(44)45-34(3,4)5)15-16-39-31(42)23-12-7-8-13-24(23)32(39)43/h7-14,19-20,26-28,36-37H,15-18H2,1-6H3,(H,35,40)(H,38,41)/t26-,27+,28+/m1/s1. The van der Waals surface area contributed by atoms with Crippen LogP contribution < -0.4 is 16.0 Å². The Morgan fingerprint density at radius 3 is 2.11 bits per heavy atom. The Balaban J connectivity index is 1.54. The number of benzene rings is 2. The number of hydrogen-bond donors (Lipinski definition) is 4. The van der Waals surface area contributed by atoms with E-state index in [0.29, 0.717) is 17.5 Å². The lowest BCUT2D eigenvalue weighted by Crippen LogP contribution is -2.57. The zero-order valence-electron chi connectivity index (χ0n) is 26.7. The molecule has 4 amide bonds. The second-order valence-electron chi connectivity index (χ2n) is 12.8. The average Bonchev–Trinajstić information content (AvgIpc) is 3.50. The molecule has 3 aromatic rings. The van der Waals surface area contributed by atoms with Crippen LogP contribution in [-0.4, -0.2) is 76.8 Å². The molecule has 0 saturated carbocycles. The summed E-state index contributed by atoms with van der Waals surface area (Å²) in [5.74, 6) is -2.22. The van der Waals surface area contributed by atoms with Gasteiger partial charge in [0, 0.05) is 37.1 Å². The van der Waals surface area contributed by atoms with E-state index >= 15 is 0 Å². The first kappa shape index (κ1) is 33.4. The van der Waals surface area contributed by atoms with Crippen molar-refractivity contribution < 1.29 is 28.7 Å². The van der Waals surface area contributed by atoms with Crippen LogP contribution in [0, 0.1) is 5.92 Å². The number of likely N-dealkylation sites (N-methyl/N-ethyl adjacent to an activating group) is 1. The molecule has 3 atom stereocenters. The van der Waals surface area contributed by atoms with Gasteiger partial charge < -0.3 is 20.4 Å². The van der Waals surface area contributed by atoms with Crippen LogP contribution >= 0.6 is 0 Å². The van der Waals surface area contributed by atoms with Gasteiger partial charge in [0.05, 0.1) is 17.2 Å². The summed E-state index contributed by atoms with van der Waals surface area (Å²) in [6.45, 7) is 9.06. The number of nitrogens with zero attached hydrogens (tertiary/aromatic N) is 1. The topological polar surface area (TPSA) is 150 Å². The van der Waals surface area contributed by atoms with Gasteiger partial charge in [-0.05, 0) is 63.3 Å². The fourth-order valence-corrected chi connectivity index (χ4v) is 5.48. The molecule has 1 aliphatic heterocycles. The van der Waals surface area contributed by atoms with Crippen molar-refractivity contribution in [3.63, 3.8) is 0 Å². The van der Waals surface area contributed by atoms with E-state index in [1.54, 1.807) is 45.0 Å². The Morgan fingerprint density at radius 1 is 0.889 bits per heavy atom. The molecule has 4 rings (SSSR count). The van der Waals surface area contributed by atoms with E-state index in [-0.39, 0.29) is 31.2 Å². The van der Waals surface area contributed by atoms with Gasteiger partial charge in [-0.3, -0.25) is 34.2 Å². The van der Waals surface area contributed by atoms with Gasteiger partial charge in [-0.15, -0.1) is 0 Å². The third-order valence-corrected chi connectivity index (χ3v) is 7.62. The molecule has 1 aliphatic rings. The number of rotatable bonds is 13. The molecule has 0 spiro atoms. The van der Waals surface area contributed by atoms with Gasteiger partial charge >= 0.3 is 5.97 Å². The van der Waals surface area contributed by atoms with Crippen LogP contribution in [0.15, 0.2) is 54.7 Å². The predicted molar refractivity (Wildman–Crippen MR) is 170 cm³/mol. The zero-order valence-corrected chi connectivity index (χ0v) is 26.7. The number of carbonyl (C=O) groups excluding carboxylic acids is 5. The first-order valence-corrected chi connectivity index (χ1v) is 15.3. The third kappa shape index (κ3) is 8.16. The summed E-state index contributed by atoms with van der Waals surface area (Å²) in [6, 6.07) is 11.5. The van der Waals surface area contributed by atoms with E-state index in [9.17, 15) is 24.0 Å². The second kappa shape index (κ2) is 14.1. The van der Waals surface area contributed by atoms with Gasteiger partial charge in [-0.25, -0.2) is 0 Å². The summed E-state index contributed by atoms with van der Waals surface area (Å²) < 4.78 is 5.67. The van der Waals surface area contributed by atoms with Crippen LogP contribution in [0.1, 0.15) is 73.7 Å². The van der Waals surface area contributed by atoms with Gasteiger partial charge in [0.2, 0.25) is 11.8 Å². The van der Waals surface area contributed by atoms with Gasteiger partial charge in [0.25, 0.3) is 11.8 Å². The summed E-state index contributed by atoms with van der Waals surface area (Å²) >= 11 is 0. The number of fused-ring (bicyclic) bond motifs is 2. The maximum absolute atomic E-state index is 13.8. The van der Waals surface area contributed by atoms with Crippen molar-refractivity contribution >= 4 is 40.5 Å². The first-order valence-electron chi connectivity index (χ1n) is 15.3. The minimum absolute atomic E-state index is 0.0243. The van der Waals surface area contributed by atoms with Gasteiger partial charge in [0.15, 0.2) is 0 Å². The molecule has 11 nitrogen and oxygen atoms in total. The van der Waals surface area contributed by atoms with Crippen molar-refractivity contribution in [2.75, 3.05) is 13.6 Å². The molecule has 2 aromatic carbocycles. The minimum Gasteiger partial charge on any atom is -0.459 e. The summed E-state index contributed by atoms with van der Waals surface area (Å²) in [7, 11) is 1.51. The lowest BCUT2D eigenvalue weighted by molar-refractivity contribution is -0.158. The summed E-state index contributed by atoms with van der Waals surface area (Å²) in [5.41, 5.74) is 1.62. The lowest BCUT2D eigenvalue weighted by atomic mass is 9.99.